The highest BCUT2D eigenvalue weighted by molar-refractivity contribution is 6.33. The number of allylic oxidation sites excluding steroid dienone is 2. The number of carbonyl (C=O) groups excluding carboxylic acids is 1. The fourth-order valence-corrected chi connectivity index (χ4v) is 5.01. The van der Waals surface area contributed by atoms with Crippen LogP contribution in [0.3, 0.4) is 0 Å². The molecular weight excluding hydrogens is 370 g/mol. The molecule has 0 spiro atoms. The molecule has 140 valence electrons. The van der Waals surface area contributed by atoms with Crippen molar-refractivity contribution in [3.63, 3.8) is 0 Å². The van der Waals surface area contributed by atoms with Gasteiger partial charge in [-0.05, 0) is 46.4 Å². The summed E-state index contributed by atoms with van der Waals surface area (Å²) in [6.45, 7) is 0. The second-order valence-corrected chi connectivity index (χ2v) is 7.83. The summed E-state index contributed by atoms with van der Waals surface area (Å²) in [7, 11) is 1.42. The number of nitrogens with one attached hydrogen (secondary N) is 1. The van der Waals surface area contributed by atoms with Gasteiger partial charge in [0.05, 0.1) is 29.4 Å². The van der Waals surface area contributed by atoms with E-state index >= 15 is 0 Å². The Morgan fingerprint density at radius 2 is 1.93 bits per heavy atom. The molecule has 0 saturated carbocycles. The highest BCUT2D eigenvalue weighted by Crippen LogP contribution is 2.53. The number of fused-ring (bicyclic) bond motifs is 4. The highest BCUT2D eigenvalue weighted by atomic mass is 35.5. The van der Waals surface area contributed by atoms with Crippen LogP contribution in [0.25, 0.3) is 10.8 Å². The topological polar surface area (TPSA) is 38.3 Å². The van der Waals surface area contributed by atoms with Crippen LogP contribution in [0, 0.1) is 5.92 Å². The van der Waals surface area contributed by atoms with Crippen molar-refractivity contribution >= 4 is 34.0 Å². The summed E-state index contributed by atoms with van der Waals surface area (Å²) < 4.78 is 5.03. The average Bonchev–Trinajstić information content (AvgIpc) is 3.23. The maximum absolute atomic E-state index is 12.4. The standard InChI is InChI=1S/C24H20ClNO2/c1-28-24(27)19-12-13-20(25)23-21(19)16-9-5-11-18(16)22(26-23)17-10-4-7-14-6-2-3-8-15(14)17/h2-10,12-13,16,18,22,26H,11H2,1H3/t16-,18+,22+/m1/s1. The number of hydrogen-bond acceptors (Lipinski definition) is 3. The quantitative estimate of drug-likeness (QED) is 0.424. The van der Waals surface area contributed by atoms with Gasteiger partial charge < -0.3 is 10.1 Å². The number of halogens is 1. The number of ether oxygens (including phenoxy) is 1. The number of benzene rings is 3. The molecule has 0 unspecified atom stereocenters. The van der Waals surface area contributed by atoms with E-state index in [1.807, 2.05) is 0 Å². The van der Waals surface area contributed by atoms with Gasteiger partial charge in [-0.15, -0.1) is 0 Å². The third kappa shape index (κ3) is 2.54. The van der Waals surface area contributed by atoms with Crippen molar-refractivity contribution in [2.45, 2.75) is 18.4 Å². The first-order chi connectivity index (χ1) is 13.7. The molecule has 0 bridgehead atoms. The van der Waals surface area contributed by atoms with Crippen molar-refractivity contribution in [2.24, 2.45) is 5.92 Å². The molecule has 0 amide bonds. The summed E-state index contributed by atoms with van der Waals surface area (Å²) in [4.78, 5) is 12.4. The van der Waals surface area contributed by atoms with Gasteiger partial charge in [0.15, 0.2) is 0 Å². The average molecular weight is 390 g/mol. The van der Waals surface area contributed by atoms with Gasteiger partial charge in [0.1, 0.15) is 0 Å². The minimum Gasteiger partial charge on any atom is -0.465 e. The zero-order valence-corrected chi connectivity index (χ0v) is 16.2. The van der Waals surface area contributed by atoms with Crippen molar-refractivity contribution in [1.29, 1.82) is 0 Å². The summed E-state index contributed by atoms with van der Waals surface area (Å²) in [5.74, 6) is 0.130. The second kappa shape index (κ2) is 6.68. The van der Waals surface area contributed by atoms with E-state index in [0.717, 1.165) is 17.7 Å². The Kier molecular flexibility index (Phi) is 4.13. The smallest absolute Gasteiger partial charge is 0.338 e. The van der Waals surface area contributed by atoms with Crippen LogP contribution in [0.2, 0.25) is 5.02 Å². The van der Waals surface area contributed by atoms with Crippen LogP contribution in [-0.2, 0) is 4.74 Å². The maximum Gasteiger partial charge on any atom is 0.338 e. The molecule has 0 fully saturated rings. The zero-order chi connectivity index (χ0) is 19.3. The minimum atomic E-state index is -0.322. The first kappa shape index (κ1) is 17.3. The predicted octanol–water partition coefficient (Wildman–Crippen LogP) is 6.11. The Bertz CT molecular complexity index is 1120. The van der Waals surface area contributed by atoms with Gasteiger partial charge in [-0.3, -0.25) is 0 Å². The molecule has 0 radical (unpaired) electrons. The molecule has 3 aromatic carbocycles. The first-order valence-corrected chi connectivity index (χ1v) is 9.88. The van der Waals surface area contributed by atoms with E-state index in [1.54, 1.807) is 12.1 Å². The Balaban J connectivity index is 1.70. The van der Waals surface area contributed by atoms with Crippen LogP contribution in [0.5, 0.6) is 0 Å². The molecule has 1 N–H and O–H groups in total. The predicted molar refractivity (Wildman–Crippen MR) is 113 cm³/mol. The van der Waals surface area contributed by atoms with Crippen LogP contribution in [0.4, 0.5) is 5.69 Å². The van der Waals surface area contributed by atoms with Crippen LogP contribution >= 0.6 is 11.6 Å². The van der Waals surface area contributed by atoms with Crippen LogP contribution in [0.15, 0.2) is 66.7 Å². The number of esters is 1. The molecule has 5 rings (SSSR count). The van der Waals surface area contributed by atoms with Crippen LogP contribution in [-0.4, -0.2) is 13.1 Å². The summed E-state index contributed by atoms with van der Waals surface area (Å²) in [6.07, 6.45) is 5.38. The van der Waals surface area contributed by atoms with Gasteiger partial charge in [-0.25, -0.2) is 4.79 Å². The number of rotatable bonds is 2. The van der Waals surface area contributed by atoms with Gasteiger partial charge in [-0.1, -0.05) is 66.2 Å². The largest absolute Gasteiger partial charge is 0.465 e. The summed E-state index contributed by atoms with van der Waals surface area (Å²) in [6, 6.07) is 18.6. The Morgan fingerprint density at radius 3 is 2.79 bits per heavy atom. The van der Waals surface area contributed by atoms with E-state index in [0.29, 0.717) is 16.5 Å². The fraction of sp³-hybridized carbons (Fsp3) is 0.208. The number of carbonyl (C=O) groups is 1. The van der Waals surface area contributed by atoms with Crippen molar-refractivity contribution in [3.05, 3.63) is 88.5 Å². The lowest BCUT2D eigenvalue weighted by Gasteiger charge is -2.39. The fourth-order valence-electron chi connectivity index (χ4n) is 4.79. The van der Waals surface area contributed by atoms with E-state index in [1.165, 1.54) is 23.4 Å². The lowest BCUT2D eigenvalue weighted by atomic mass is 9.74. The normalized spacial score (nSPS) is 22.4. The van der Waals surface area contributed by atoms with E-state index in [4.69, 9.17) is 16.3 Å². The van der Waals surface area contributed by atoms with E-state index in [9.17, 15) is 4.79 Å². The zero-order valence-electron chi connectivity index (χ0n) is 15.5. The molecule has 3 atom stereocenters. The van der Waals surface area contributed by atoms with Crippen LogP contribution in [0.1, 0.15) is 39.9 Å². The molecule has 4 heteroatoms. The number of methoxy groups -OCH3 is 1. The first-order valence-electron chi connectivity index (χ1n) is 9.50. The van der Waals surface area contributed by atoms with Gasteiger partial charge in [0.25, 0.3) is 0 Å². The summed E-state index contributed by atoms with van der Waals surface area (Å²) in [5.41, 5.74) is 3.65. The molecule has 1 heterocycles. The number of anilines is 1. The Labute approximate surface area is 169 Å². The lowest BCUT2D eigenvalue weighted by Crippen LogP contribution is -2.31. The van der Waals surface area contributed by atoms with Gasteiger partial charge in [0, 0.05) is 5.92 Å². The summed E-state index contributed by atoms with van der Waals surface area (Å²) >= 11 is 6.58. The second-order valence-electron chi connectivity index (χ2n) is 7.42. The van der Waals surface area contributed by atoms with E-state index in [-0.39, 0.29) is 17.9 Å². The summed E-state index contributed by atoms with van der Waals surface area (Å²) in [5, 5.41) is 6.79. The third-order valence-corrected chi connectivity index (χ3v) is 6.35. The highest BCUT2D eigenvalue weighted by Gasteiger charge is 2.41. The molecular formula is C24H20ClNO2. The van der Waals surface area contributed by atoms with E-state index in [2.05, 4.69) is 59.9 Å². The Hall–Kier alpha value is -2.78. The molecule has 2 aliphatic rings. The molecule has 0 aromatic heterocycles. The molecule has 3 aromatic rings. The van der Waals surface area contributed by atoms with Crippen molar-refractivity contribution in [1.82, 2.24) is 0 Å². The van der Waals surface area contributed by atoms with Crippen molar-refractivity contribution in [2.75, 3.05) is 12.4 Å². The van der Waals surface area contributed by atoms with Crippen molar-refractivity contribution < 1.29 is 9.53 Å². The monoisotopic (exact) mass is 389 g/mol. The van der Waals surface area contributed by atoms with Gasteiger partial charge in [0.2, 0.25) is 0 Å². The van der Waals surface area contributed by atoms with E-state index < -0.39 is 0 Å². The lowest BCUT2D eigenvalue weighted by molar-refractivity contribution is 0.0598. The van der Waals surface area contributed by atoms with Gasteiger partial charge >= 0.3 is 5.97 Å². The van der Waals surface area contributed by atoms with Crippen molar-refractivity contribution in [3.8, 4) is 0 Å². The molecule has 1 aliphatic heterocycles. The minimum absolute atomic E-state index is 0.115. The Morgan fingerprint density at radius 1 is 1.11 bits per heavy atom. The third-order valence-electron chi connectivity index (χ3n) is 6.03. The number of hydrogen-bond donors (Lipinski definition) is 1. The molecule has 0 saturated heterocycles. The molecule has 1 aliphatic carbocycles. The van der Waals surface area contributed by atoms with Crippen LogP contribution < -0.4 is 5.32 Å². The molecule has 3 nitrogen and oxygen atoms in total. The SMILES string of the molecule is COC(=O)c1ccc(Cl)c2c1[C@@H]1C=CC[C@@H]1[C@H](c1cccc3ccccc13)N2. The molecule has 28 heavy (non-hydrogen) atoms. The maximum atomic E-state index is 12.4. The van der Waals surface area contributed by atoms with Gasteiger partial charge in [-0.2, -0.15) is 0 Å².